The normalized spacial score (nSPS) is 13.5. The maximum atomic E-state index is 12.3. The molecule has 5 nitrogen and oxygen atoms in total. The highest BCUT2D eigenvalue weighted by atomic mass is 16.5. The monoisotopic (exact) mass is 266 g/mol. The lowest BCUT2D eigenvalue weighted by Gasteiger charge is -2.15. The molecule has 0 aliphatic heterocycles. The molecule has 1 aromatic rings. The van der Waals surface area contributed by atoms with E-state index in [-0.39, 0.29) is 5.78 Å². The van der Waals surface area contributed by atoms with Crippen molar-refractivity contribution in [3.05, 3.63) is 23.8 Å². The number of carbonyl (C=O) groups excluding carboxylic acids is 1. The van der Waals surface area contributed by atoms with E-state index in [2.05, 4.69) is 0 Å². The maximum Gasteiger partial charge on any atom is 0.306 e. The van der Waals surface area contributed by atoms with Crippen LogP contribution in [0.25, 0.3) is 0 Å². The molecule has 2 unspecified atom stereocenters. The first kappa shape index (κ1) is 15.0. The van der Waals surface area contributed by atoms with Gasteiger partial charge in [-0.3, -0.25) is 9.59 Å². The number of carbonyl (C=O) groups is 2. The molecule has 0 fully saturated rings. The van der Waals surface area contributed by atoms with Gasteiger partial charge in [-0.05, 0) is 12.1 Å². The summed E-state index contributed by atoms with van der Waals surface area (Å²) in [6, 6.07) is 4.81. The molecule has 0 radical (unpaired) electrons. The fourth-order valence-electron chi connectivity index (χ4n) is 1.65. The van der Waals surface area contributed by atoms with Gasteiger partial charge in [-0.2, -0.15) is 0 Å². The lowest BCUT2D eigenvalue weighted by molar-refractivity contribution is -0.142. The van der Waals surface area contributed by atoms with Gasteiger partial charge in [-0.1, -0.05) is 13.8 Å². The third-order valence-electron chi connectivity index (χ3n) is 3.19. The van der Waals surface area contributed by atoms with Crippen molar-refractivity contribution in [1.82, 2.24) is 0 Å². The molecule has 0 bridgehead atoms. The van der Waals surface area contributed by atoms with Gasteiger partial charge in [-0.25, -0.2) is 0 Å². The molecule has 19 heavy (non-hydrogen) atoms. The molecule has 104 valence electrons. The zero-order chi connectivity index (χ0) is 14.6. The van der Waals surface area contributed by atoms with E-state index in [4.69, 9.17) is 14.6 Å². The van der Waals surface area contributed by atoms with Gasteiger partial charge in [0.15, 0.2) is 5.78 Å². The molecule has 1 N–H and O–H groups in total. The Labute approximate surface area is 112 Å². The van der Waals surface area contributed by atoms with Gasteiger partial charge in [0.1, 0.15) is 11.5 Å². The number of methoxy groups -OCH3 is 2. The number of ether oxygens (including phenoxy) is 2. The number of carboxylic acid groups (broad SMARTS) is 1. The smallest absolute Gasteiger partial charge is 0.306 e. The van der Waals surface area contributed by atoms with E-state index in [1.807, 2.05) is 0 Å². The Kier molecular flexibility index (Phi) is 4.92. The first-order valence-electron chi connectivity index (χ1n) is 5.90. The van der Waals surface area contributed by atoms with Gasteiger partial charge in [0.25, 0.3) is 0 Å². The minimum Gasteiger partial charge on any atom is -0.497 e. The number of ketones is 1. The van der Waals surface area contributed by atoms with Crippen LogP contribution in [0.1, 0.15) is 24.2 Å². The highest BCUT2D eigenvalue weighted by Gasteiger charge is 2.27. The first-order chi connectivity index (χ1) is 8.90. The average molecular weight is 266 g/mol. The Balaban J connectivity index is 3.08. The van der Waals surface area contributed by atoms with E-state index in [1.165, 1.54) is 21.1 Å². The number of hydrogen-bond donors (Lipinski definition) is 1. The second-order valence-electron chi connectivity index (χ2n) is 4.38. The fraction of sp³-hybridized carbons (Fsp3) is 0.429. The summed E-state index contributed by atoms with van der Waals surface area (Å²) in [5.41, 5.74) is 0.386. The van der Waals surface area contributed by atoms with Crippen molar-refractivity contribution in [3.8, 4) is 11.5 Å². The van der Waals surface area contributed by atoms with Crippen LogP contribution in [0.2, 0.25) is 0 Å². The number of aliphatic carboxylic acids is 1. The Morgan fingerprint density at radius 1 is 1.00 bits per heavy atom. The van der Waals surface area contributed by atoms with Crippen LogP contribution in [0.15, 0.2) is 18.2 Å². The summed E-state index contributed by atoms with van der Waals surface area (Å²) in [6.07, 6.45) is 0. The van der Waals surface area contributed by atoms with Crippen molar-refractivity contribution >= 4 is 11.8 Å². The van der Waals surface area contributed by atoms with Crippen LogP contribution in [0.5, 0.6) is 11.5 Å². The number of rotatable bonds is 6. The van der Waals surface area contributed by atoms with Crippen LogP contribution in [0.4, 0.5) is 0 Å². The number of carboxylic acids is 1. The van der Waals surface area contributed by atoms with Gasteiger partial charge in [-0.15, -0.1) is 0 Å². The summed E-state index contributed by atoms with van der Waals surface area (Å²) in [5, 5.41) is 8.95. The summed E-state index contributed by atoms with van der Waals surface area (Å²) in [5.74, 6) is -1.60. The first-order valence-corrected chi connectivity index (χ1v) is 5.90. The van der Waals surface area contributed by atoms with Crippen molar-refractivity contribution < 1.29 is 24.2 Å². The molecule has 0 amide bonds. The zero-order valence-electron chi connectivity index (χ0n) is 11.5. The minimum absolute atomic E-state index is 0.243. The van der Waals surface area contributed by atoms with Crippen molar-refractivity contribution in [2.75, 3.05) is 14.2 Å². The van der Waals surface area contributed by atoms with Gasteiger partial charge in [0, 0.05) is 17.5 Å². The van der Waals surface area contributed by atoms with E-state index in [0.717, 1.165) is 0 Å². The zero-order valence-corrected chi connectivity index (χ0v) is 11.5. The molecule has 0 heterocycles. The third kappa shape index (κ3) is 3.47. The van der Waals surface area contributed by atoms with Crippen molar-refractivity contribution in [2.24, 2.45) is 11.8 Å². The molecule has 0 aliphatic rings. The third-order valence-corrected chi connectivity index (χ3v) is 3.19. The SMILES string of the molecule is COc1cc(OC)cc(C(=O)C(C)C(C)C(=O)O)c1. The number of benzene rings is 1. The Morgan fingerprint density at radius 3 is 1.84 bits per heavy atom. The molecule has 1 aromatic carbocycles. The van der Waals surface area contributed by atoms with Crippen LogP contribution in [0, 0.1) is 11.8 Å². The lowest BCUT2D eigenvalue weighted by Crippen LogP contribution is -2.25. The molecule has 5 heteroatoms. The lowest BCUT2D eigenvalue weighted by atomic mass is 9.88. The molecule has 0 saturated heterocycles. The second kappa shape index (κ2) is 6.22. The fourth-order valence-corrected chi connectivity index (χ4v) is 1.65. The summed E-state index contributed by atoms with van der Waals surface area (Å²) < 4.78 is 10.2. The summed E-state index contributed by atoms with van der Waals surface area (Å²) in [6.45, 7) is 3.12. The maximum absolute atomic E-state index is 12.3. The van der Waals surface area contributed by atoms with Crippen LogP contribution in [0.3, 0.4) is 0 Å². The molecule has 0 saturated carbocycles. The quantitative estimate of drug-likeness (QED) is 0.799. The van der Waals surface area contributed by atoms with Gasteiger partial charge in [0.05, 0.1) is 20.1 Å². The Morgan fingerprint density at radius 2 is 1.47 bits per heavy atom. The molecule has 0 aliphatic carbocycles. The Hall–Kier alpha value is -2.04. The average Bonchev–Trinajstić information content (AvgIpc) is 2.43. The standard InChI is InChI=1S/C14H18O5/c1-8(9(2)14(16)17)13(15)10-5-11(18-3)7-12(6-10)19-4/h5-9H,1-4H3,(H,16,17). The van der Waals surface area contributed by atoms with E-state index >= 15 is 0 Å². The van der Waals surface area contributed by atoms with E-state index in [9.17, 15) is 9.59 Å². The largest absolute Gasteiger partial charge is 0.497 e. The number of Topliss-reactive ketones (excluding diaryl/α,β-unsaturated/α-hetero) is 1. The van der Waals surface area contributed by atoms with Crippen molar-refractivity contribution in [2.45, 2.75) is 13.8 Å². The van der Waals surface area contributed by atoms with E-state index in [0.29, 0.717) is 17.1 Å². The second-order valence-corrected chi connectivity index (χ2v) is 4.38. The van der Waals surface area contributed by atoms with Gasteiger partial charge >= 0.3 is 5.97 Å². The number of hydrogen-bond acceptors (Lipinski definition) is 4. The molecule has 0 aromatic heterocycles. The van der Waals surface area contributed by atoms with Crippen LogP contribution < -0.4 is 9.47 Å². The molecule has 1 rings (SSSR count). The highest BCUT2D eigenvalue weighted by Crippen LogP contribution is 2.26. The van der Waals surface area contributed by atoms with Gasteiger partial charge in [0.2, 0.25) is 0 Å². The van der Waals surface area contributed by atoms with E-state index < -0.39 is 17.8 Å². The topological polar surface area (TPSA) is 72.8 Å². The summed E-state index contributed by atoms with van der Waals surface area (Å²) >= 11 is 0. The minimum atomic E-state index is -0.990. The van der Waals surface area contributed by atoms with Crippen LogP contribution >= 0.6 is 0 Å². The summed E-state index contributed by atoms with van der Waals surface area (Å²) in [4.78, 5) is 23.2. The van der Waals surface area contributed by atoms with Crippen molar-refractivity contribution in [3.63, 3.8) is 0 Å². The Bertz CT molecular complexity index is 458. The van der Waals surface area contributed by atoms with Gasteiger partial charge < -0.3 is 14.6 Å². The predicted octanol–water partition coefficient (Wildman–Crippen LogP) is 2.24. The van der Waals surface area contributed by atoms with Crippen molar-refractivity contribution in [1.29, 1.82) is 0 Å². The molecular weight excluding hydrogens is 248 g/mol. The molecule has 2 atom stereocenters. The predicted molar refractivity (Wildman–Crippen MR) is 69.8 cm³/mol. The summed E-state index contributed by atoms with van der Waals surface area (Å²) in [7, 11) is 2.98. The van der Waals surface area contributed by atoms with Crippen LogP contribution in [-0.4, -0.2) is 31.1 Å². The molecule has 0 spiro atoms. The highest BCUT2D eigenvalue weighted by molar-refractivity contribution is 6.00. The molecular formula is C14H18O5. The van der Waals surface area contributed by atoms with E-state index in [1.54, 1.807) is 25.1 Å². The van der Waals surface area contributed by atoms with Crippen LogP contribution in [-0.2, 0) is 4.79 Å².